The van der Waals surface area contributed by atoms with Gasteiger partial charge in [-0.1, -0.05) is 35.4 Å². The molecule has 0 atom stereocenters. The molecule has 2 N–H and O–H groups in total. The normalized spacial score (nSPS) is 10.2. The van der Waals surface area contributed by atoms with E-state index in [4.69, 9.17) is 11.6 Å². The fourth-order valence-corrected chi connectivity index (χ4v) is 2.26. The molecule has 0 aromatic heterocycles. The summed E-state index contributed by atoms with van der Waals surface area (Å²) in [6.07, 6.45) is 0.781. The average Bonchev–Trinajstić information content (AvgIpc) is 2.49. The topological polar surface area (TPSA) is 41.1 Å². The maximum absolute atomic E-state index is 12.2. The summed E-state index contributed by atoms with van der Waals surface area (Å²) in [4.78, 5) is 12.2. The zero-order valence-electron chi connectivity index (χ0n) is 12.2. The highest BCUT2D eigenvalue weighted by molar-refractivity contribution is 6.30. The van der Waals surface area contributed by atoms with Gasteiger partial charge in [0.15, 0.2) is 0 Å². The van der Waals surface area contributed by atoms with Crippen molar-refractivity contribution in [3.05, 3.63) is 64.2 Å². The van der Waals surface area contributed by atoms with Crippen molar-refractivity contribution in [3.8, 4) is 0 Å². The Kier molecular flexibility index (Phi) is 5.23. The van der Waals surface area contributed by atoms with Gasteiger partial charge >= 0.3 is 0 Å². The average molecular weight is 303 g/mol. The Labute approximate surface area is 130 Å². The van der Waals surface area contributed by atoms with Gasteiger partial charge in [-0.2, -0.15) is 0 Å². The van der Waals surface area contributed by atoms with E-state index in [1.54, 1.807) is 0 Å². The Bertz CT molecular complexity index is 623. The third-order valence-electron chi connectivity index (χ3n) is 3.30. The van der Waals surface area contributed by atoms with Crippen LogP contribution in [-0.2, 0) is 6.42 Å². The van der Waals surface area contributed by atoms with Crippen LogP contribution >= 0.6 is 11.6 Å². The molecule has 110 valence electrons. The second-order valence-electron chi connectivity index (χ2n) is 4.93. The number of carbonyl (C=O) groups excluding carboxylic acids is 1. The number of hydrogen-bond acceptors (Lipinski definition) is 2. The third-order valence-corrected chi connectivity index (χ3v) is 3.55. The number of benzene rings is 2. The second-order valence-corrected chi connectivity index (χ2v) is 5.37. The maximum atomic E-state index is 12.2. The van der Waals surface area contributed by atoms with Gasteiger partial charge in [0.25, 0.3) is 5.91 Å². The Morgan fingerprint density at radius 3 is 2.52 bits per heavy atom. The molecule has 0 spiro atoms. The molecule has 3 nitrogen and oxygen atoms in total. The largest absolute Gasteiger partial charge is 0.387 e. The molecule has 0 saturated heterocycles. The molecule has 0 aliphatic rings. The van der Waals surface area contributed by atoms with Gasteiger partial charge in [-0.3, -0.25) is 4.79 Å². The van der Waals surface area contributed by atoms with E-state index >= 15 is 0 Å². The number of anilines is 1. The lowest BCUT2D eigenvalue weighted by Gasteiger charge is -2.11. The van der Waals surface area contributed by atoms with E-state index in [9.17, 15) is 4.79 Å². The van der Waals surface area contributed by atoms with Crippen molar-refractivity contribution < 1.29 is 4.79 Å². The molecular weight excluding hydrogens is 284 g/mol. The lowest BCUT2D eigenvalue weighted by molar-refractivity contribution is 0.0955. The predicted molar refractivity (Wildman–Crippen MR) is 88.2 cm³/mol. The fraction of sp³-hybridized carbons (Fsp3) is 0.235. The minimum absolute atomic E-state index is 0.0583. The first kappa shape index (κ1) is 15.4. The van der Waals surface area contributed by atoms with E-state index in [0.29, 0.717) is 12.1 Å². The van der Waals surface area contributed by atoms with Gasteiger partial charge in [0, 0.05) is 24.3 Å². The van der Waals surface area contributed by atoms with E-state index in [2.05, 4.69) is 10.6 Å². The number of halogens is 1. The number of amides is 1. The van der Waals surface area contributed by atoms with Crippen molar-refractivity contribution in [2.75, 3.05) is 18.9 Å². The molecule has 2 aromatic carbocycles. The Hall–Kier alpha value is -2.00. The summed E-state index contributed by atoms with van der Waals surface area (Å²) >= 11 is 5.85. The summed E-state index contributed by atoms with van der Waals surface area (Å²) < 4.78 is 0. The molecule has 2 aromatic rings. The van der Waals surface area contributed by atoms with Crippen molar-refractivity contribution in [2.24, 2.45) is 0 Å². The summed E-state index contributed by atoms with van der Waals surface area (Å²) in [6, 6.07) is 13.5. The standard InChI is InChI=1S/C17H19ClN2O/c1-12-3-8-16(19-2)15(11-12)17(21)20-10-9-13-4-6-14(18)7-5-13/h3-8,11,19H,9-10H2,1-2H3,(H,20,21). The first-order valence-electron chi connectivity index (χ1n) is 6.91. The van der Waals surface area contributed by atoms with Crippen LogP contribution in [0.2, 0.25) is 5.02 Å². The van der Waals surface area contributed by atoms with Crippen LogP contribution in [0.3, 0.4) is 0 Å². The van der Waals surface area contributed by atoms with Crippen molar-refractivity contribution >= 4 is 23.2 Å². The molecule has 0 bridgehead atoms. The summed E-state index contributed by atoms with van der Waals surface area (Å²) in [5, 5.41) is 6.72. The van der Waals surface area contributed by atoms with E-state index in [1.807, 2.05) is 56.4 Å². The van der Waals surface area contributed by atoms with E-state index in [-0.39, 0.29) is 5.91 Å². The monoisotopic (exact) mass is 302 g/mol. The second kappa shape index (κ2) is 7.14. The van der Waals surface area contributed by atoms with Crippen LogP contribution in [0.5, 0.6) is 0 Å². The molecular formula is C17H19ClN2O. The van der Waals surface area contributed by atoms with E-state index in [0.717, 1.165) is 28.3 Å². The van der Waals surface area contributed by atoms with Gasteiger partial charge in [-0.15, -0.1) is 0 Å². The van der Waals surface area contributed by atoms with Crippen molar-refractivity contribution in [1.29, 1.82) is 0 Å². The van der Waals surface area contributed by atoms with Crippen LogP contribution in [0.25, 0.3) is 0 Å². The van der Waals surface area contributed by atoms with Gasteiger partial charge in [0.1, 0.15) is 0 Å². The molecule has 1 amide bonds. The summed E-state index contributed by atoms with van der Waals surface area (Å²) in [7, 11) is 1.81. The van der Waals surface area contributed by atoms with Crippen molar-refractivity contribution in [3.63, 3.8) is 0 Å². The quantitative estimate of drug-likeness (QED) is 0.885. The van der Waals surface area contributed by atoms with Crippen LogP contribution < -0.4 is 10.6 Å². The first-order valence-corrected chi connectivity index (χ1v) is 7.29. The van der Waals surface area contributed by atoms with Crippen LogP contribution in [0.4, 0.5) is 5.69 Å². The number of carbonyl (C=O) groups is 1. The van der Waals surface area contributed by atoms with Gasteiger partial charge in [-0.05, 0) is 43.2 Å². The molecule has 0 radical (unpaired) electrons. The molecule has 0 aliphatic heterocycles. The van der Waals surface area contributed by atoms with Gasteiger partial charge in [-0.25, -0.2) is 0 Å². The van der Waals surface area contributed by atoms with Crippen molar-refractivity contribution in [2.45, 2.75) is 13.3 Å². The first-order chi connectivity index (χ1) is 10.1. The maximum Gasteiger partial charge on any atom is 0.253 e. The molecule has 2 rings (SSSR count). The van der Waals surface area contributed by atoms with Gasteiger partial charge in [0.05, 0.1) is 5.56 Å². The fourth-order valence-electron chi connectivity index (χ4n) is 2.13. The summed E-state index contributed by atoms with van der Waals surface area (Å²) in [5.74, 6) is -0.0583. The minimum Gasteiger partial charge on any atom is -0.387 e. The van der Waals surface area contributed by atoms with Crippen molar-refractivity contribution in [1.82, 2.24) is 5.32 Å². The zero-order chi connectivity index (χ0) is 15.2. The number of hydrogen-bond donors (Lipinski definition) is 2. The Balaban J connectivity index is 1.95. The predicted octanol–water partition coefficient (Wildman–Crippen LogP) is 3.66. The highest BCUT2D eigenvalue weighted by Crippen LogP contribution is 2.16. The SMILES string of the molecule is CNc1ccc(C)cc1C(=O)NCCc1ccc(Cl)cc1. The molecule has 0 heterocycles. The lowest BCUT2D eigenvalue weighted by atomic mass is 10.1. The summed E-state index contributed by atoms with van der Waals surface area (Å²) in [5.41, 5.74) is 3.73. The highest BCUT2D eigenvalue weighted by Gasteiger charge is 2.10. The number of nitrogens with one attached hydrogen (secondary N) is 2. The molecule has 0 fully saturated rings. The van der Waals surface area contributed by atoms with Crippen LogP contribution in [0.1, 0.15) is 21.5 Å². The smallest absolute Gasteiger partial charge is 0.253 e. The molecule has 0 saturated carbocycles. The van der Waals surface area contributed by atoms with Crippen LogP contribution in [0, 0.1) is 6.92 Å². The minimum atomic E-state index is -0.0583. The molecule has 0 unspecified atom stereocenters. The lowest BCUT2D eigenvalue weighted by Crippen LogP contribution is -2.26. The number of aryl methyl sites for hydroxylation is 1. The van der Waals surface area contributed by atoms with Crippen LogP contribution in [0.15, 0.2) is 42.5 Å². The Morgan fingerprint density at radius 2 is 1.86 bits per heavy atom. The third kappa shape index (κ3) is 4.23. The van der Waals surface area contributed by atoms with Crippen LogP contribution in [-0.4, -0.2) is 19.5 Å². The zero-order valence-corrected chi connectivity index (χ0v) is 13.0. The van der Waals surface area contributed by atoms with E-state index < -0.39 is 0 Å². The molecule has 0 aliphatic carbocycles. The van der Waals surface area contributed by atoms with Gasteiger partial charge < -0.3 is 10.6 Å². The molecule has 4 heteroatoms. The Morgan fingerprint density at radius 1 is 1.14 bits per heavy atom. The summed E-state index contributed by atoms with van der Waals surface area (Å²) in [6.45, 7) is 2.57. The molecule has 21 heavy (non-hydrogen) atoms. The van der Waals surface area contributed by atoms with E-state index in [1.165, 1.54) is 0 Å². The highest BCUT2D eigenvalue weighted by atomic mass is 35.5. The van der Waals surface area contributed by atoms with Gasteiger partial charge in [0.2, 0.25) is 0 Å². The number of rotatable bonds is 5.